The standard InChI is InChI=1S/C18H17ClN2O2.ClH/c1-23-14-6-7-15-17(20-8-9-22)11-16(21-18(15)10-14)12-2-4-13(19)5-3-12;/h2-7,10-11,22H,8-9H2,1H3,(H,20,21);1H. The number of nitrogens with one attached hydrogen (secondary N) is 1. The van der Waals surface area contributed by atoms with Gasteiger partial charge < -0.3 is 15.2 Å². The predicted molar refractivity (Wildman–Crippen MR) is 102 cm³/mol. The van der Waals surface area contributed by atoms with Crippen molar-refractivity contribution in [1.82, 2.24) is 4.98 Å². The molecule has 0 aliphatic carbocycles. The van der Waals surface area contributed by atoms with E-state index in [1.807, 2.05) is 48.5 Å². The molecule has 126 valence electrons. The fourth-order valence-electron chi connectivity index (χ4n) is 2.44. The molecule has 0 spiro atoms. The SMILES string of the molecule is COc1ccc2c(NCCO)cc(-c3ccc(Cl)cc3)nc2c1.Cl. The molecule has 0 amide bonds. The smallest absolute Gasteiger partial charge is 0.121 e. The molecule has 0 radical (unpaired) electrons. The average Bonchev–Trinajstić information content (AvgIpc) is 2.59. The number of aliphatic hydroxyl groups excluding tert-OH is 1. The minimum Gasteiger partial charge on any atom is -0.497 e. The molecule has 1 aromatic heterocycles. The van der Waals surface area contributed by atoms with Crippen molar-refractivity contribution in [2.75, 3.05) is 25.6 Å². The van der Waals surface area contributed by atoms with Crippen LogP contribution in [-0.2, 0) is 0 Å². The van der Waals surface area contributed by atoms with Crippen molar-refractivity contribution < 1.29 is 9.84 Å². The van der Waals surface area contributed by atoms with E-state index in [9.17, 15) is 0 Å². The monoisotopic (exact) mass is 364 g/mol. The van der Waals surface area contributed by atoms with E-state index in [-0.39, 0.29) is 19.0 Å². The van der Waals surface area contributed by atoms with Gasteiger partial charge in [-0.2, -0.15) is 0 Å². The Morgan fingerprint density at radius 1 is 1.12 bits per heavy atom. The Balaban J connectivity index is 0.00000208. The first-order chi connectivity index (χ1) is 11.2. The van der Waals surface area contributed by atoms with Gasteiger partial charge >= 0.3 is 0 Å². The van der Waals surface area contributed by atoms with Gasteiger partial charge in [-0.15, -0.1) is 12.4 Å². The number of hydrogen-bond donors (Lipinski definition) is 2. The third kappa shape index (κ3) is 3.90. The molecule has 0 aliphatic rings. The molecule has 2 N–H and O–H groups in total. The van der Waals surface area contributed by atoms with Gasteiger partial charge in [0.05, 0.1) is 24.9 Å². The molecule has 4 nitrogen and oxygen atoms in total. The number of halogens is 2. The maximum absolute atomic E-state index is 9.09. The van der Waals surface area contributed by atoms with Crippen molar-refractivity contribution in [3.05, 3.63) is 53.6 Å². The van der Waals surface area contributed by atoms with Crippen LogP contribution in [0.2, 0.25) is 5.02 Å². The van der Waals surface area contributed by atoms with E-state index in [0.29, 0.717) is 11.6 Å². The lowest BCUT2D eigenvalue weighted by molar-refractivity contribution is 0.311. The first-order valence-electron chi connectivity index (χ1n) is 7.31. The summed E-state index contributed by atoms with van der Waals surface area (Å²) in [6.45, 7) is 0.543. The molecule has 0 fully saturated rings. The van der Waals surface area contributed by atoms with E-state index >= 15 is 0 Å². The largest absolute Gasteiger partial charge is 0.497 e. The second-order valence-electron chi connectivity index (χ2n) is 5.10. The minimum atomic E-state index is 0. The zero-order valence-corrected chi connectivity index (χ0v) is 14.7. The molecule has 0 unspecified atom stereocenters. The number of anilines is 1. The summed E-state index contributed by atoms with van der Waals surface area (Å²) in [5, 5.41) is 14.0. The molecule has 6 heteroatoms. The topological polar surface area (TPSA) is 54.4 Å². The van der Waals surface area contributed by atoms with Crippen molar-refractivity contribution in [3.63, 3.8) is 0 Å². The fourth-order valence-corrected chi connectivity index (χ4v) is 2.57. The summed E-state index contributed by atoms with van der Waals surface area (Å²) < 4.78 is 5.29. The highest BCUT2D eigenvalue weighted by Gasteiger charge is 2.09. The lowest BCUT2D eigenvalue weighted by atomic mass is 10.1. The third-order valence-corrected chi connectivity index (χ3v) is 3.84. The van der Waals surface area contributed by atoms with Crippen molar-refractivity contribution in [2.45, 2.75) is 0 Å². The van der Waals surface area contributed by atoms with Crippen molar-refractivity contribution in [3.8, 4) is 17.0 Å². The number of methoxy groups -OCH3 is 1. The van der Waals surface area contributed by atoms with E-state index in [1.54, 1.807) is 7.11 Å². The lowest BCUT2D eigenvalue weighted by Crippen LogP contribution is -2.06. The molecule has 0 aliphatic heterocycles. The van der Waals surface area contributed by atoms with Crippen LogP contribution in [0.3, 0.4) is 0 Å². The zero-order valence-electron chi connectivity index (χ0n) is 13.1. The number of fused-ring (bicyclic) bond motifs is 1. The van der Waals surface area contributed by atoms with Gasteiger partial charge in [-0.3, -0.25) is 0 Å². The number of pyridine rings is 1. The maximum atomic E-state index is 9.09. The van der Waals surface area contributed by atoms with Gasteiger partial charge in [-0.05, 0) is 30.3 Å². The van der Waals surface area contributed by atoms with Crippen molar-refractivity contribution in [2.24, 2.45) is 0 Å². The second kappa shape index (κ2) is 8.20. The summed E-state index contributed by atoms with van der Waals surface area (Å²) in [5.41, 5.74) is 3.57. The van der Waals surface area contributed by atoms with Gasteiger partial charge in [0.15, 0.2) is 0 Å². The normalized spacial score (nSPS) is 10.3. The summed E-state index contributed by atoms with van der Waals surface area (Å²) in [6, 6.07) is 15.3. The van der Waals surface area contributed by atoms with Crippen LogP contribution in [0.5, 0.6) is 5.75 Å². The number of aliphatic hydroxyl groups is 1. The van der Waals surface area contributed by atoms with Crippen LogP contribution in [0.1, 0.15) is 0 Å². The van der Waals surface area contributed by atoms with Crippen LogP contribution >= 0.6 is 24.0 Å². The summed E-state index contributed by atoms with van der Waals surface area (Å²) in [4.78, 5) is 4.73. The van der Waals surface area contributed by atoms with Crippen molar-refractivity contribution in [1.29, 1.82) is 0 Å². The number of ether oxygens (including phenoxy) is 1. The first-order valence-corrected chi connectivity index (χ1v) is 7.68. The molecule has 1 heterocycles. The third-order valence-electron chi connectivity index (χ3n) is 3.58. The Bertz CT molecular complexity index is 823. The molecule has 0 saturated carbocycles. The molecular formula is C18H18Cl2N2O2. The predicted octanol–water partition coefficient (Wildman–Crippen LogP) is 4.39. The summed E-state index contributed by atoms with van der Waals surface area (Å²) >= 11 is 5.96. The minimum absolute atomic E-state index is 0. The zero-order chi connectivity index (χ0) is 16.2. The van der Waals surface area contributed by atoms with Crippen LogP contribution < -0.4 is 10.1 Å². The molecular weight excluding hydrogens is 347 g/mol. The van der Waals surface area contributed by atoms with E-state index in [0.717, 1.165) is 33.6 Å². The highest BCUT2D eigenvalue weighted by molar-refractivity contribution is 6.30. The average molecular weight is 365 g/mol. The van der Waals surface area contributed by atoms with Gasteiger partial charge in [0.2, 0.25) is 0 Å². The number of aromatic nitrogens is 1. The van der Waals surface area contributed by atoms with Gasteiger partial charge in [0.25, 0.3) is 0 Å². The van der Waals surface area contributed by atoms with Crippen LogP contribution in [0, 0.1) is 0 Å². The van der Waals surface area contributed by atoms with E-state index < -0.39 is 0 Å². The van der Waals surface area contributed by atoms with E-state index in [2.05, 4.69) is 5.32 Å². The summed E-state index contributed by atoms with van der Waals surface area (Å²) in [5.74, 6) is 0.756. The Morgan fingerprint density at radius 2 is 1.88 bits per heavy atom. The van der Waals surface area contributed by atoms with Gasteiger partial charge in [0, 0.05) is 34.3 Å². The first kappa shape index (κ1) is 18.3. The quantitative estimate of drug-likeness (QED) is 0.704. The molecule has 3 rings (SSSR count). The van der Waals surface area contributed by atoms with Crippen LogP contribution in [0.15, 0.2) is 48.5 Å². The molecule has 2 aromatic carbocycles. The highest BCUT2D eigenvalue weighted by atomic mass is 35.5. The van der Waals surface area contributed by atoms with Crippen LogP contribution in [0.25, 0.3) is 22.2 Å². The van der Waals surface area contributed by atoms with Gasteiger partial charge in [0.1, 0.15) is 5.75 Å². The van der Waals surface area contributed by atoms with E-state index in [4.69, 9.17) is 26.4 Å². The Kier molecular flexibility index (Phi) is 6.26. The van der Waals surface area contributed by atoms with Crippen LogP contribution in [0.4, 0.5) is 5.69 Å². The Morgan fingerprint density at radius 3 is 2.54 bits per heavy atom. The molecule has 0 bridgehead atoms. The van der Waals surface area contributed by atoms with Crippen LogP contribution in [-0.4, -0.2) is 30.4 Å². The molecule has 0 saturated heterocycles. The maximum Gasteiger partial charge on any atom is 0.121 e. The lowest BCUT2D eigenvalue weighted by Gasteiger charge is -2.12. The number of rotatable bonds is 5. The Labute approximate surface area is 151 Å². The second-order valence-corrected chi connectivity index (χ2v) is 5.53. The molecule has 0 atom stereocenters. The molecule has 3 aromatic rings. The summed E-state index contributed by atoms with van der Waals surface area (Å²) in [6.07, 6.45) is 0. The summed E-state index contributed by atoms with van der Waals surface area (Å²) in [7, 11) is 1.63. The van der Waals surface area contributed by atoms with E-state index in [1.165, 1.54) is 0 Å². The van der Waals surface area contributed by atoms with Gasteiger partial charge in [-0.1, -0.05) is 23.7 Å². The van der Waals surface area contributed by atoms with Gasteiger partial charge in [-0.25, -0.2) is 4.98 Å². The molecule has 24 heavy (non-hydrogen) atoms. The number of benzene rings is 2. The highest BCUT2D eigenvalue weighted by Crippen LogP contribution is 2.31. The number of nitrogens with zero attached hydrogens (tertiary/aromatic N) is 1. The number of hydrogen-bond acceptors (Lipinski definition) is 4. The Hall–Kier alpha value is -2.01. The fraction of sp³-hybridized carbons (Fsp3) is 0.167. The van der Waals surface area contributed by atoms with Crippen molar-refractivity contribution >= 4 is 40.6 Å².